The summed E-state index contributed by atoms with van der Waals surface area (Å²) in [6, 6.07) is 106. The number of rotatable bonds is 40. The van der Waals surface area contributed by atoms with E-state index in [1.165, 1.54) is 50.1 Å². The molecule has 0 aliphatic rings. The van der Waals surface area contributed by atoms with E-state index in [1.807, 2.05) is 201 Å². The van der Waals surface area contributed by atoms with E-state index in [1.54, 1.807) is 35.8 Å². The van der Waals surface area contributed by atoms with Crippen LogP contribution < -0.4 is 155 Å². The van der Waals surface area contributed by atoms with Crippen LogP contribution in [0.2, 0.25) is 0 Å². The molecule has 0 aliphatic carbocycles. The molecule has 12 aromatic carbocycles. The Morgan fingerprint density at radius 1 is 0.336 bits per heavy atom. The maximum absolute atomic E-state index is 12.0. The number of ether oxygens (including phenoxy) is 5. The van der Waals surface area contributed by atoms with Crippen LogP contribution >= 0.6 is 0 Å². The van der Waals surface area contributed by atoms with Crippen LogP contribution in [-0.4, -0.2) is 78.7 Å². The fraction of sp³-hybridized carbons (Fsp3) is 0.252. The summed E-state index contributed by atoms with van der Waals surface area (Å²) in [5.74, 6) is 2.75. The van der Waals surface area contributed by atoms with Crippen LogP contribution in [0.4, 0.5) is 22.7 Å². The number of aliphatic carboxylic acids is 1. The molecule has 20 nitrogen and oxygen atoms in total. The third-order valence-corrected chi connectivity index (χ3v) is 18.8. The summed E-state index contributed by atoms with van der Waals surface area (Å²) in [7, 11) is 0. The van der Waals surface area contributed by atoms with E-state index >= 15 is 0 Å². The molecule has 0 unspecified atom stereocenters. The predicted molar refractivity (Wildman–Crippen MR) is 493 cm³/mol. The number of aromatic hydroxyl groups is 1. The maximum atomic E-state index is 12.0. The van der Waals surface area contributed by atoms with Gasteiger partial charge in [0, 0.05) is 25.7 Å². The van der Waals surface area contributed by atoms with Gasteiger partial charge in [-0.2, -0.15) is 0 Å². The van der Waals surface area contributed by atoms with E-state index in [4.69, 9.17) is 66.4 Å². The van der Waals surface area contributed by atoms with Crippen molar-refractivity contribution < 1.29 is 177 Å². The molecule has 0 radical (unpaired) electrons. The van der Waals surface area contributed by atoms with Crippen molar-refractivity contribution in [3.63, 3.8) is 0 Å². The zero-order chi connectivity index (χ0) is 87.8. The number of carbonyl (C=O) groups is 5. The molecule has 11 N–H and O–H groups in total. The van der Waals surface area contributed by atoms with Crippen LogP contribution in [0.3, 0.4) is 0 Å². The Hall–Kier alpha value is -10.4. The maximum Gasteiger partial charge on any atom is 1.00 e. The number of phenolic OH excluding ortho intramolecular Hbond substituents is 1. The minimum atomic E-state index is -0.713. The van der Waals surface area contributed by atoms with Crippen molar-refractivity contribution in [2.24, 2.45) is 0 Å². The fourth-order valence-corrected chi connectivity index (χ4v) is 12.1. The summed E-state index contributed by atoms with van der Waals surface area (Å²) in [6.45, 7) is 4.88. The summed E-state index contributed by atoms with van der Waals surface area (Å²) >= 11 is 0. The number of esters is 1. The topological polar surface area (TPSA) is 327 Å². The Morgan fingerprint density at radius 2 is 0.584 bits per heavy atom. The van der Waals surface area contributed by atoms with Crippen molar-refractivity contribution in [3.8, 4) is 84.4 Å². The van der Waals surface area contributed by atoms with Gasteiger partial charge in [0.1, 0.15) is 28.7 Å². The molecule has 12 aromatic rings. The fourth-order valence-electron chi connectivity index (χ4n) is 12.1. The number of unbranched alkanes of at least 4 members (excludes halogenated alkanes) is 12. The van der Waals surface area contributed by atoms with Crippen molar-refractivity contribution >= 4 is 53.0 Å². The standard InChI is InChI=1S/C25H28N2O2.C21H26O3.C19H23NO3.C19H22O3.C12H10O.C6H8N2.CH2O3.2K.H/c26-23-12-7-8-13-24(23)27-25(28)14-6-1-2-9-19-29-22-17-15-21(16-18-22)20-10-4-3-5-11-20;1-2-23-21(22)12-8-3-4-9-17-24-20-15-13-19(14-16-20)18-10-6-5-7-11-18;21-19(20-22)10-6-1-2-7-15-23-18-13-11-17(12-14-18)16-8-4-3-5-9-16;20-19(21)10-6-1-2-7-15-22-18-13-11-17(12-14-18)16-8-4-3-5-9-16;13-12-8-6-11(7-9-12)10-4-2-1-3-5-10;7-5-3-1-2-4-6(5)8;2-1-4-3;;;/h3-5,7-8,10-13,15-18H,1-2,6,9,14,19,26H2,(H,27,28);5-7,10-11,13-16H,2-4,8-9,12,17H2,1H3;3-5,8-9,11-14,22H,1-2,6-7,10,15H2,(H,20,21);3-5,8-9,11-14H,1-2,6-7,10,15H2,(H,20,21);1-9,13H;1-4H,7-8H2;1,3H;;;/q;;;;;;;2*+1;-1/p-1. The van der Waals surface area contributed by atoms with E-state index in [2.05, 4.69) is 107 Å². The molecule has 0 bridgehead atoms. The molecule has 0 aromatic heterocycles. The van der Waals surface area contributed by atoms with Gasteiger partial charge in [0.25, 0.3) is 6.47 Å². The number of carboxylic acids is 1. The molecule has 12 rings (SSSR count). The molecule has 0 fully saturated rings. The van der Waals surface area contributed by atoms with E-state index in [-0.39, 0.29) is 135 Å². The normalized spacial score (nSPS) is 9.91. The summed E-state index contributed by atoms with van der Waals surface area (Å²) < 4.78 is 27.9. The number of hydrogen-bond acceptors (Lipinski definition) is 17. The van der Waals surface area contributed by atoms with Crippen LogP contribution in [0.1, 0.15) is 137 Å². The largest absolute Gasteiger partial charge is 1.00 e. The summed E-state index contributed by atoms with van der Waals surface area (Å²) in [4.78, 5) is 55.6. The smallest absolute Gasteiger partial charge is 1.00 e. The van der Waals surface area contributed by atoms with E-state index in [9.17, 15) is 19.2 Å². The Morgan fingerprint density at radius 3 is 0.856 bits per heavy atom. The van der Waals surface area contributed by atoms with Gasteiger partial charge in [-0.15, -0.1) is 0 Å². The average Bonchev–Trinajstić information content (AvgIpc) is 0.895. The summed E-state index contributed by atoms with van der Waals surface area (Å²) in [5.41, 5.74) is 32.7. The molecular formula is C103H119K2N5O15. The predicted octanol–water partition coefficient (Wildman–Crippen LogP) is 16.6. The number of nitrogen functional groups attached to an aromatic ring is 3. The Labute approximate surface area is 823 Å². The number of para-hydroxylation sites is 4. The number of nitrogens with two attached hydrogens (primary N) is 3. The molecule has 0 heterocycles. The number of carboxylic acid groups (broad SMARTS) is 1. The number of phenols is 1. The van der Waals surface area contributed by atoms with Crippen LogP contribution in [-0.2, 0) is 33.6 Å². The third kappa shape index (κ3) is 48.0. The van der Waals surface area contributed by atoms with Gasteiger partial charge in [0.15, 0.2) is 0 Å². The number of hydroxylamine groups is 1. The quantitative estimate of drug-likeness (QED) is 0.00258. The van der Waals surface area contributed by atoms with Gasteiger partial charge in [-0.1, -0.05) is 288 Å². The molecule has 0 saturated heterocycles. The second-order valence-corrected chi connectivity index (χ2v) is 28.2. The molecule has 0 atom stereocenters. The van der Waals surface area contributed by atoms with Gasteiger partial charge in [-0.25, -0.2) is 5.48 Å². The number of amides is 2. The van der Waals surface area contributed by atoms with Gasteiger partial charge in [-0.3, -0.25) is 29.2 Å². The third-order valence-electron chi connectivity index (χ3n) is 18.8. The number of benzene rings is 12. The SMILES string of the molecule is CCOC(=O)CCCCCCOc1ccc(-c2ccccc2)cc1.Nc1ccccc1N.Nc1ccccc1NC(=O)CCCCCCOc1ccc(-c2ccccc2)cc1.O=C(CCCCCCOc1ccc(-c2ccccc2)cc1)NO.O=C(O)CCCCCCOc1ccc(-c2ccccc2)cc1.O=CO[O-].Oc1ccc(-c2ccccc2)cc1.[H-].[K+].[K+]. The average molecular weight is 1750 g/mol. The zero-order valence-corrected chi connectivity index (χ0v) is 78.6. The van der Waals surface area contributed by atoms with Crippen LogP contribution in [0.5, 0.6) is 28.7 Å². The van der Waals surface area contributed by atoms with Crippen molar-refractivity contribution in [2.75, 3.05) is 55.6 Å². The number of nitrogens with one attached hydrogen (secondary N) is 2. The Balaban J connectivity index is 0.000000395. The van der Waals surface area contributed by atoms with Gasteiger partial charge in [0.2, 0.25) is 11.8 Å². The van der Waals surface area contributed by atoms with Crippen LogP contribution in [0.25, 0.3) is 55.6 Å². The summed E-state index contributed by atoms with van der Waals surface area (Å²) in [6.07, 6.45) is 17.0. The first-order valence-corrected chi connectivity index (χ1v) is 41.9. The number of anilines is 4. The molecule has 22 heteroatoms. The first kappa shape index (κ1) is 107. The second kappa shape index (κ2) is 67.9. The summed E-state index contributed by atoms with van der Waals surface area (Å²) in [5, 5.41) is 37.3. The molecule has 0 spiro atoms. The molecule has 0 saturated carbocycles. The monoisotopic (exact) mass is 1740 g/mol. The van der Waals surface area contributed by atoms with E-state index < -0.39 is 5.97 Å². The van der Waals surface area contributed by atoms with Gasteiger partial charge < -0.3 is 68.0 Å². The van der Waals surface area contributed by atoms with Gasteiger partial charge in [0.05, 0.1) is 55.8 Å². The van der Waals surface area contributed by atoms with E-state index in [0.717, 1.165) is 131 Å². The van der Waals surface area contributed by atoms with Crippen molar-refractivity contribution in [2.45, 2.75) is 135 Å². The number of carbonyl (C=O) groups excluding carboxylic acids is 4. The Bertz CT molecular complexity index is 4790. The van der Waals surface area contributed by atoms with Crippen LogP contribution in [0, 0.1) is 0 Å². The minimum absolute atomic E-state index is 0. The molecule has 0 aliphatic heterocycles. The first-order valence-electron chi connectivity index (χ1n) is 41.9. The van der Waals surface area contributed by atoms with E-state index in [0.29, 0.717) is 80.8 Å². The minimum Gasteiger partial charge on any atom is -1.00 e. The van der Waals surface area contributed by atoms with Crippen molar-refractivity contribution in [1.29, 1.82) is 0 Å². The van der Waals surface area contributed by atoms with Crippen molar-refractivity contribution in [3.05, 3.63) is 322 Å². The molecule has 648 valence electrons. The van der Waals surface area contributed by atoms with Crippen LogP contribution in [0.15, 0.2) is 322 Å². The molecular weight excluding hydrogens is 1630 g/mol. The first-order chi connectivity index (χ1) is 60.1. The second-order valence-electron chi connectivity index (χ2n) is 28.2. The molecule has 2 amide bonds. The Kier molecular flexibility index (Phi) is 58.1. The molecule has 125 heavy (non-hydrogen) atoms. The number of hydrogen-bond donors (Lipinski definition) is 8. The van der Waals surface area contributed by atoms with Gasteiger partial charge in [-0.05, 0) is 199 Å². The zero-order valence-electron chi connectivity index (χ0n) is 73.3. The van der Waals surface area contributed by atoms with Gasteiger partial charge >= 0.3 is 115 Å². The van der Waals surface area contributed by atoms with Crippen molar-refractivity contribution in [1.82, 2.24) is 5.48 Å².